The minimum Gasteiger partial charge on any atom is -0.497 e. The smallest absolute Gasteiger partial charge is 0.250 e. The summed E-state index contributed by atoms with van der Waals surface area (Å²) in [4.78, 5) is 17.2. The third-order valence-electron chi connectivity index (χ3n) is 5.92. The fourth-order valence-electron chi connectivity index (χ4n) is 4.19. The van der Waals surface area contributed by atoms with Crippen LogP contribution in [0.5, 0.6) is 5.75 Å². The van der Waals surface area contributed by atoms with E-state index in [1.165, 1.54) is 0 Å². The molecule has 1 aromatic heterocycles. The van der Waals surface area contributed by atoms with Crippen LogP contribution in [0.3, 0.4) is 0 Å². The van der Waals surface area contributed by atoms with Gasteiger partial charge in [-0.15, -0.1) is 5.10 Å². The van der Waals surface area contributed by atoms with E-state index in [0.717, 1.165) is 28.9 Å². The molecular formula is C26H24ClN5O2. The maximum atomic E-state index is 12.7. The van der Waals surface area contributed by atoms with E-state index in [4.69, 9.17) is 16.3 Å². The number of carbonyl (C=O) groups is 1. The Morgan fingerprint density at radius 1 is 1.06 bits per heavy atom. The summed E-state index contributed by atoms with van der Waals surface area (Å²) in [6, 6.07) is 25.4. The summed E-state index contributed by atoms with van der Waals surface area (Å²) in [5, 5.41) is 11.6. The lowest BCUT2D eigenvalue weighted by Crippen LogP contribution is -2.28. The van der Waals surface area contributed by atoms with Crippen LogP contribution < -0.4 is 15.4 Å². The maximum Gasteiger partial charge on any atom is 0.250 e. The van der Waals surface area contributed by atoms with Gasteiger partial charge >= 0.3 is 0 Å². The van der Waals surface area contributed by atoms with Gasteiger partial charge in [0.25, 0.3) is 5.95 Å². The van der Waals surface area contributed by atoms with Crippen molar-refractivity contribution in [3.63, 3.8) is 0 Å². The number of hydrogen-bond donors (Lipinski definition) is 2. The Bertz CT molecular complexity index is 1270. The number of fused-ring (bicyclic) bond motifs is 1. The molecule has 0 aliphatic carbocycles. The fourth-order valence-corrected chi connectivity index (χ4v) is 4.32. The molecule has 0 unspecified atom stereocenters. The Morgan fingerprint density at radius 3 is 2.50 bits per heavy atom. The first-order chi connectivity index (χ1) is 16.6. The first-order valence-corrected chi connectivity index (χ1v) is 11.4. The molecular weight excluding hydrogens is 450 g/mol. The van der Waals surface area contributed by atoms with Crippen LogP contribution in [0.2, 0.25) is 5.02 Å². The zero-order chi connectivity index (χ0) is 23.5. The van der Waals surface area contributed by atoms with Gasteiger partial charge in [0.2, 0.25) is 11.9 Å². The van der Waals surface area contributed by atoms with Crippen molar-refractivity contribution < 1.29 is 9.53 Å². The number of nitrogens with one attached hydrogen (secondary N) is 2. The van der Waals surface area contributed by atoms with Gasteiger partial charge in [-0.1, -0.05) is 66.2 Å². The number of halogens is 1. The number of hydrogen-bond acceptors (Lipinski definition) is 5. The van der Waals surface area contributed by atoms with Gasteiger partial charge < -0.3 is 10.1 Å². The lowest BCUT2D eigenvalue weighted by molar-refractivity contribution is -0.115. The molecule has 34 heavy (non-hydrogen) atoms. The van der Waals surface area contributed by atoms with E-state index >= 15 is 0 Å². The van der Waals surface area contributed by atoms with Crippen molar-refractivity contribution in [2.75, 3.05) is 17.7 Å². The van der Waals surface area contributed by atoms with E-state index in [9.17, 15) is 4.79 Å². The topological polar surface area (TPSA) is 81.1 Å². The lowest BCUT2D eigenvalue weighted by Gasteiger charge is -2.31. The number of nitrogens with zero attached hydrogens (tertiary/aromatic N) is 3. The molecule has 7 nitrogen and oxygen atoms in total. The summed E-state index contributed by atoms with van der Waals surface area (Å²) in [7, 11) is 1.61. The van der Waals surface area contributed by atoms with Gasteiger partial charge in [0, 0.05) is 5.02 Å². The summed E-state index contributed by atoms with van der Waals surface area (Å²) in [5.74, 6) is 1.46. The summed E-state index contributed by atoms with van der Waals surface area (Å²) in [6.45, 7) is 0. The number of anilines is 2. The number of ether oxygens (including phenoxy) is 1. The number of aromatic nitrogens is 3. The molecule has 0 saturated heterocycles. The van der Waals surface area contributed by atoms with Crippen LogP contribution in [0, 0.1) is 0 Å². The molecule has 0 spiro atoms. The van der Waals surface area contributed by atoms with Crippen molar-refractivity contribution in [2.45, 2.75) is 24.9 Å². The molecule has 2 atom stereocenters. The first-order valence-electron chi connectivity index (χ1n) is 11.1. The van der Waals surface area contributed by atoms with E-state index in [1.807, 2.05) is 71.4 Å². The van der Waals surface area contributed by atoms with E-state index in [2.05, 4.69) is 32.8 Å². The van der Waals surface area contributed by atoms with Crippen LogP contribution in [-0.4, -0.2) is 27.8 Å². The molecule has 2 heterocycles. The van der Waals surface area contributed by atoms with E-state index in [1.54, 1.807) is 7.11 Å². The molecule has 3 aromatic carbocycles. The molecule has 172 valence electrons. The van der Waals surface area contributed by atoms with Gasteiger partial charge in [0.05, 0.1) is 25.6 Å². The highest BCUT2D eigenvalue weighted by molar-refractivity contribution is 6.30. The standard InChI is InChI=1S/C26H24ClN5O2/c1-34-21-13-7-17(8-14-21)15-24(33)29-25-30-26-28-22(18-9-11-20(27)12-10-18)16-23(32(26)31-25)19-5-3-2-4-6-19/h2-14,22-23H,15-16H2,1H3,(H2,28,29,30,31,33)/t22-,23-/m0/s1. The molecule has 8 heteroatoms. The number of carbonyl (C=O) groups excluding carboxylic acids is 1. The van der Waals surface area contributed by atoms with Crippen LogP contribution >= 0.6 is 11.6 Å². The predicted molar refractivity (Wildman–Crippen MR) is 132 cm³/mol. The Morgan fingerprint density at radius 2 is 1.79 bits per heavy atom. The van der Waals surface area contributed by atoms with Crippen molar-refractivity contribution in [2.24, 2.45) is 0 Å². The normalized spacial score (nSPS) is 16.9. The van der Waals surface area contributed by atoms with E-state index in [0.29, 0.717) is 11.0 Å². The first kappa shape index (κ1) is 22.0. The van der Waals surface area contributed by atoms with Gasteiger partial charge in [-0.05, 0) is 47.4 Å². The van der Waals surface area contributed by atoms with Crippen molar-refractivity contribution in [3.05, 3.63) is 101 Å². The van der Waals surface area contributed by atoms with Crippen LogP contribution in [-0.2, 0) is 11.2 Å². The van der Waals surface area contributed by atoms with Gasteiger partial charge in [0.1, 0.15) is 5.75 Å². The monoisotopic (exact) mass is 473 g/mol. The van der Waals surface area contributed by atoms with Gasteiger partial charge in [0.15, 0.2) is 0 Å². The highest BCUT2D eigenvalue weighted by Crippen LogP contribution is 2.38. The van der Waals surface area contributed by atoms with Crippen LogP contribution in [0.25, 0.3) is 0 Å². The summed E-state index contributed by atoms with van der Waals surface area (Å²) >= 11 is 6.09. The Labute approximate surface area is 202 Å². The molecule has 5 rings (SSSR count). The number of methoxy groups -OCH3 is 1. The van der Waals surface area contributed by atoms with Gasteiger partial charge in [-0.2, -0.15) is 4.98 Å². The second kappa shape index (κ2) is 9.57. The fraction of sp³-hybridized carbons (Fsp3) is 0.192. The molecule has 0 fully saturated rings. The number of benzene rings is 3. The summed E-state index contributed by atoms with van der Waals surface area (Å²) < 4.78 is 7.02. The number of rotatable bonds is 6. The molecule has 2 N–H and O–H groups in total. The predicted octanol–water partition coefficient (Wildman–Crippen LogP) is 5.27. The van der Waals surface area contributed by atoms with Crippen molar-refractivity contribution in [1.29, 1.82) is 0 Å². The van der Waals surface area contributed by atoms with Crippen LogP contribution in [0.15, 0.2) is 78.9 Å². The summed E-state index contributed by atoms with van der Waals surface area (Å²) in [5.41, 5.74) is 3.13. The highest BCUT2D eigenvalue weighted by atomic mass is 35.5. The van der Waals surface area contributed by atoms with Crippen molar-refractivity contribution in [3.8, 4) is 5.75 Å². The average molecular weight is 474 g/mol. The Kier molecular flexibility index (Phi) is 6.18. The molecule has 1 aliphatic heterocycles. The summed E-state index contributed by atoms with van der Waals surface area (Å²) in [6.07, 6.45) is 0.998. The molecule has 0 bridgehead atoms. The maximum absolute atomic E-state index is 12.7. The molecule has 0 radical (unpaired) electrons. The third kappa shape index (κ3) is 4.75. The molecule has 0 saturated carbocycles. The minimum absolute atomic E-state index is 0.0297. The lowest BCUT2D eigenvalue weighted by atomic mass is 9.93. The third-order valence-corrected chi connectivity index (χ3v) is 6.17. The Balaban J connectivity index is 1.39. The average Bonchev–Trinajstić information content (AvgIpc) is 3.27. The molecule has 1 amide bonds. The minimum atomic E-state index is -0.182. The zero-order valence-corrected chi connectivity index (χ0v) is 19.4. The second-order valence-corrected chi connectivity index (χ2v) is 8.62. The molecule has 4 aromatic rings. The van der Waals surface area contributed by atoms with Crippen molar-refractivity contribution >= 4 is 29.4 Å². The van der Waals surface area contributed by atoms with Crippen LogP contribution in [0.4, 0.5) is 11.9 Å². The Hall–Kier alpha value is -3.84. The highest BCUT2D eigenvalue weighted by Gasteiger charge is 2.31. The second-order valence-electron chi connectivity index (χ2n) is 8.19. The van der Waals surface area contributed by atoms with Gasteiger partial charge in [-0.3, -0.25) is 10.1 Å². The quantitative estimate of drug-likeness (QED) is 0.399. The SMILES string of the molecule is COc1ccc(CC(=O)Nc2nc3n(n2)[C@H](c2ccccc2)C[C@@H](c2ccc(Cl)cc2)N3)cc1. The van der Waals surface area contributed by atoms with E-state index in [-0.39, 0.29) is 30.4 Å². The van der Waals surface area contributed by atoms with Gasteiger partial charge in [-0.25, -0.2) is 4.68 Å². The van der Waals surface area contributed by atoms with E-state index < -0.39 is 0 Å². The van der Waals surface area contributed by atoms with Crippen molar-refractivity contribution in [1.82, 2.24) is 14.8 Å². The number of amides is 1. The zero-order valence-electron chi connectivity index (χ0n) is 18.6. The van der Waals surface area contributed by atoms with Crippen LogP contribution in [0.1, 0.15) is 35.2 Å². The molecule has 1 aliphatic rings. The largest absolute Gasteiger partial charge is 0.497 e.